The summed E-state index contributed by atoms with van der Waals surface area (Å²) >= 11 is 3.20. The summed E-state index contributed by atoms with van der Waals surface area (Å²) in [5.41, 5.74) is 1.91. The summed E-state index contributed by atoms with van der Waals surface area (Å²) in [4.78, 5) is 19.4. The summed E-state index contributed by atoms with van der Waals surface area (Å²) < 4.78 is 1.16. The molecule has 2 N–H and O–H groups in total. The van der Waals surface area contributed by atoms with Crippen LogP contribution in [0.2, 0.25) is 0 Å². The maximum Gasteiger partial charge on any atom is 0.230 e. The Hall–Kier alpha value is -1.79. The average molecular weight is 303 g/mol. The van der Waals surface area contributed by atoms with E-state index in [9.17, 15) is 4.79 Å². The zero-order valence-corrected chi connectivity index (χ0v) is 12.3. The zero-order valence-electron chi connectivity index (χ0n) is 10.6. The van der Waals surface area contributed by atoms with Crippen LogP contribution in [-0.4, -0.2) is 21.6 Å². The van der Waals surface area contributed by atoms with Crippen molar-refractivity contribution in [2.75, 3.05) is 5.75 Å². The van der Waals surface area contributed by atoms with Gasteiger partial charge in [-0.2, -0.15) is 0 Å². The van der Waals surface area contributed by atoms with Crippen molar-refractivity contribution in [3.63, 3.8) is 0 Å². The van der Waals surface area contributed by atoms with Gasteiger partial charge in [0.15, 0.2) is 0 Å². The topological polar surface area (TPSA) is 57.8 Å². The molecule has 0 atom stereocenters. The van der Waals surface area contributed by atoms with E-state index in [1.54, 1.807) is 23.1 Å². The SMILES string of the molecule is O=C(CSc1cccs1)NCc1nc2ccccc2[nH]1. The van der Waals surface area contributed by atoms with Gasteiger partial charge in [0.05, 0.1) is 27.5 Å². The molecule has 2 heterocycles. The minimum absolute atomic E-state index is 0.0175. The third-order valence-electron chi connectivity index (χ3n) is 2.73. The number of rotatable bonds is 5. The smallest absolute Gasteiger partial charge is 0.230 e. The molecular formula is C14H13N3OS2. The minimum atomic E-state index is 0.0175. The van der Waals surface area contributed by atoms with Gasteiger partial charge in [-0.1, -0.05) is 18.2 Å². The van der Waals surface area contributed by atoms with Crippen molar-refractivity contribution in [1.82, 2.24) is 15.3 Å². The molecule has 3 aromatic rings. The summed E-state index contributed by atoms with van der Waals surface area (Å²) in [6.07, 6.45) is 0. The number of nitrogens with zero attached hydrogens (tertiary/aromatic N) is 1. The van der Waals surface area contributed by atoms with Crippen molar-refractivity contribution >= 4 is 40.0 Å². The lowest BCUT2D eigenvalue weighted by atomic mass is 10.3. The molecule has 0 spiro atoms. The monoisotopic (exact) mass is 303 g/mol. The Morgan fingerprint density at radius 2 is 2.20 bits per heavy atom. The van der Waals surface area contributed by atoms with Crippen molar-refractivity contribution < 1.29 is 4.79 Å². The number of para-hydroxylation sites is 2. The van der Waals surface area contributed by atoms with E-state index in [2.05, 4.69) is 15.3 Å². The highest BCUT2D eigenvalue weighted by atomic mass is 32.2. The summed E-state index contributed by atoms with van der Waals surface area (Å²) in [5.74, 6) is 1.23. The van der Waals surface area contributed by atoms with Crippen LogP contribution >= 0.6 is 23.1 Å². The van der Waals surface area contributed by atoms with E-state index in [1.165, 1.54) is 0 Å². The number of carbonyl (C=O) groups is 1. The molecule has 102 valence electrons. The number of hydrogen-bond acceptors (Lipinski definition) is 4. The van der Waals surface area contributed by atoms with Crippen LogP contribution in [0.25, 0.3) is 11.0 Å². The molecule has 4 nitrogen and oxygen atoms in total. The minimum Gasteiger partial charge on any atom is -0.348 e. The molecule has 0 radical (unpaired) electrons. The number of thiophene rings is 1. The fraction of sp³-hybridized carbons (Fsp3) is 0.143. The van der Waals surface area contributed by atoms with Gasteiger partial charge < -0.3 is 10.3 Å². The van der Waals surface area contributed by atoms with Gasteiger partial charge in [-0.05, 0) is 23.6 Å². The average Bonchev–Trinajstić information content (AvgIpc) is 3.11. The Labute approximate surface area is 124 Å². The Morgan fingerprint density at radius 1 is 1.30 bits per heavy atom. The van der Waals surface area contributed by atoms with Gasteiger partial charge in [-0.25, -0.2) is 4.98 Å². The Kier molecular flexibility index (Phi) is 4.03. The van der Waals surface area contributed by atoms with Gasteiger partial charge in [0.2, 0.25) is 5.91 Å². The quantitative estimate of drug-likeness (QED) is 0.712. The molecule has 1 aromatic carbocycles. The number of hydrogen-bond donors (Lipinski definition) is 2. The number of imidazole rings is 1. The largest absolute Gasteiger partial charge is 0.348 e. The molecule has 0 fully saturated rings. The molecule has 0 aliphatic rings. The van der Waals surface area contributed by atoms with Crippen molar-refractivity contribution in [3.05, 3.63) is 47.6 Å². The number of carbonyl (C=O) groups excluding carboxylic acids is 1. The number of aromatic amines is 1. The van der Waals surface area contributed by atoms with Crippen LogP contribution in [0.5, 0.6) is 0 Å². The number of nitrogens with one attached hydrogen (secondary N) is 2. The van der Waals surface area contributed by atoms with Crippen molar-refractivity contribution in [2.45, 2.75) is 10.8 Å². The van der Waals surface area contributed by atoms with Gasteiger partial charge >= 0.3 is 0 Å². The molecule has 0 unspecified atom stereocenters. The first-order valence-electron chi connectivity index (χ1n) is 6.18. The fourth-order valence-corrected chi connectivity index (χ4v) is 3.42. The van der Waals surface area contributed by atoms with Crippen molar-refractivity contribution in [1.29, 1.82) is 0 Å². The highest BCUT2D eigenvalue weighted by Gasteiger charge is 2.06. The molecule has 20 heavy (non-hydrogen) atoms. The van der Waals surface area contributed by atoms with Gasteiger partial charge in [0, 0.05) is 0 Å². The maximum absolute atomic E-state index is 11.8. The lowest BCUT2D eigenvalue weighted by Gasteiger charge is -2.01. The van der Waals surface area contributed by atoms with Crippen molar-refractivity contribution in [3.8, 4) is 0 Å². The second kappa shape index (κ2) is 6.11. The van der Waals surface area contributed by atoms with Crippen LogP contribution in [0.4, 0.5) is 0 Å². The van der Waals surface area contributed by atoms with E-state index < -0.39 is 0 Å². The molecule has 0 bridgehead atoms. The lowest BCUT2D eigenvalue weighted by Crippen LogP contribution is -2.25. The maximum atomic E-state index is 11.8. The predicted molar refractivity (Wildman–Crippen MR) is 83.0 cm³/mol. The molecular weight excluding hydrogens is 290 g/mol. The molecule has 3 rings (SSSR count). The Bertz CT molecular complexity index is 673. The van der Waals surface area contributed by atoms with Crippen LogP contribution < -0.4 is 5.32 Å². The first-order chi connectivity index (χ1) is 9.81. The second-order valence-electron chi connectivity index (χ2n) is 4.20. The van der Waals surface area contributed by atoms with Gasteiger partial charge in [-0.15, -0.1) is 23.1 Å². The van der Waals surface area contributed by atoms with Crippen LogP contribution in [-0.2, 0) is 11.3 Å². The zero-order chi connectivity index (χ0) is 13.8. The predicted octanol–water partition coefficient (Wildman–Crippen LogP) is 3.03. The van der Waals surface area contributed by atoms with E-state index in [1.807, 2.05) is 41.8 Å². The third-order valence-corrected chi connectivity index (χ3v) is 4.86. The molecule has 1 amide bonds. The second-order valence-corrected chi connectivity index (χ2v) is 6.42. The van der Waals surface area contributed by atoms with Crippen LogP contribution in [0.15, 0.2) is 46.0 Å². The van der Waals surface area contributed by atoms with E-state index in [-0.39, 0.29) is 5.91 Å². The fourth-order valence-electron chi connectivity index (χ4n) is 1.80. The van der Waals surface area contributed by atoms with Gasteiger partial charge in [-0.3, -0.25) is 4.79 Å². The van der Waals surface area contributed by atoms with Crippen LogP contribution in [0, 0.1) is 0 Å². The number of fused-ring (bicyclic) bond motifs is 1. The third kappa shape index (κ3) is 3.20. The molecule has 0 aliphatic carbocycles. The summed E-state index contributed by atoms with van der Waals surface area (Å²) in [6.45, 7) is 0.429. The van der Waals surface area contributed by atoms with Crippen LogP contribution in [0.3, 0.4) is 0 Å². The van der Waals surface area contributed by atoms with E-state index in [0.717, 1.165) is 21.1 Å². The van der Waals surface area contributed by atoms with E-state index in [0.29, 0.717) is 12.3 Å². The van der Waals surface area contributed by atoms with E-state index in [4.69, 9.17) is 0 Å². The number of H-pyrrole nitrogens is 1. The van der Waals surface area contributed by atoms with Gasteiger partial charge in [0.25, 0.3) is 0 Å². The van der Waals surface area contributed by atoms with Crippen LogP contribution in [0.1, 0.15) is 5.82 Å². The molecule has 0 aliphatic heterocycles. The summed E-state index contributed by atoms with van der Waals surface area (Å²) in [7, 11) is 0. The number of amides is 1. The molecule has 2 aromatic heterocycles. The highest BCUT2D eigenvalue weighted by Crippen LogP contribution is 2.22. The normalized spacial score (nSPS) is 10.8. The van der Waals surface area contributed by atoms with Crippen molar-refractivity contribution in [2.24, 2.45) is 0 Å². The molecule has 6 heteroatoms. The Balaban J connectivity index is 1.52. The first-order valence-corrected chi connectivity index (χ1v) is 8.04. The number of thioether (sulfide) groups is 1. The number of aromatic nitrogens is 2. The molecule has 0 saturated heterocycles. The van der Waals surface area contributed by atoms with E-state index >= 15 is 0 Å². The standard InChI is InChI=1S/C14H13N3OS2/c18-13(9-20-14-6-3-7-19-14)15-8-12-16-10-4-1-2-5-11(10)17-12/h1-7H,8-9H2,(H,15,18)(H,16,17). The highest BCUT2D eigenvalue weighted by molar-refractivity contribution is 8.01. The Morgan fingerprint density at radius 3 is 3.00 bits per heavy atom. The molecule has 0 saturated carbocycles. The number of benzene rings is 1. The van der Waals surface area contributed by atoms with Gasteiger partial charge in [0.1, 0.15) is 5.82 Å². The summed E-state index contributed by atoms with van der Waals surface area (Å²) in [6, 6.07) is 11.8. The first kappa shape index (κ1) is 13.2. The lowest BCUT2D eigenvalue weighted by molar-refractivity contribution is -0.118. The summed E-state index contributed by atoms with van der Waals surface area (Å²) in [5, 5.41) is 4.88.